The van der Waals surface area contributed by atoms with Gasteiger partial charge in [0.1, 0.15) is 5.75 Å². The molecule has 0 radical (unpaired) electrons. The first-order valence-electron chi connectivity index (χ1n) is 8.34. The molecular formula is C17H25N3O5S. The number of nitrogens with one attached hydrogen (secondary N) is 2. The Balaban J connectivity index is 3.40. The van der Waals surface area contributed by atoms with Crippen molar-refractivity contribution in [3.8, 4) is 5.75 Å². The number of ether oxygens (including phenoxy) is 1. The van der Waals surface area contributed by atoms with Gasteiger partial charge in [0, 0.05) is 7.05 Å². The summed E-state index contributed by atoms with van der Waals surface area (Å²) in [7, 11) is 0.260. The number of carbonyl (C=O) groups excluding carboxylic acids is 2. The van der Waals surface area contributed by atoms with E-state index < -0.39 is 27.9 Å². The van der Waals surface area contributed by atoms with E-state index >= 15 is 0 Å². The molecule has 144 valence electrons. The summed E-state index contributed by atoms with van der Waals surface area (Å²) in [5.41, 5.74) is -0.696. The Bertz CT molecular complexity index is 738. The average molecular weight is 383 g/mol. The molecule has 1 rings (SSSR count). The first-order valence-corrected chi connectivity index (χ1v) is 9.37. The van der Waals surface area contributed by atoms with Gasteiger partial charge in [-0.05, 0) is 24.1 Å². The van der Waals surface area contributed by atoms with Crippen molar-refractivity contribution in [3.63, 3.8) is 0 Å². The van der Waals surface area contributed by atoms with Gasteiger partial charge < -0.3 is 10.1 Å². The highest BCUT2D eigenvalue weighted by Crippen LogP contribution is 2.33. The van der Waals surface area contributed by atoms with Crippen LogP contribution in [0, 0.1) is 0 Å². The van der Waals surface area contributed by atoms with Gasteiger partial charge in [-0.1, -0.05) is 38.3 Å². The second kappa shape index (κ2) is 10.5. The predicted octanol–water partition coefficient (Wildman–Crippen LogP) is 2.03. The van der Waals surface area contributed by atoms with Crippen LogP contribution in [0.4, 0.5) is 4.79 Å². The molecule has 1 aromatic rings. The number of methoxy groups -OCH3 is 1. The molecule has 0 saturated carbocycles. The van der Waals surface area contributed by atoms with Crippen LogP contribution in [0.2, 0.25) is 0 Å². The second-order valence-electron chi connectivity index (χ2n) is 5.81. The summed E-state index contributed by atoms with van der Waals surface area (Å²) in [4.78, 5) is 24.6. The Morgan fingerprint density at radius 1 is 1.19 bits per heavy atom. The summed E-state index contributed by atoms with van der Waals surface area (Å²) >= 11 is 0. The van der Waals surface area contributed by atoms with E-state index in [1.165, 1.54) is 14.2 Å². The molecule has 26 heavy (non-hydrogen) atoms. The molecular weight excluding hydrogens is 358 g/mol. The third-order valence-electron chi connectivity index (χ3n) is 4.18. The van der Waals surface area contributed by atoms with E-state index in [1.807, 2.05) is 6.92 Å². The first-order chi connectivity index (χ1) is 12.4. The number of unbranched alkanes of at least 4 members (excludes halogenated alkanes) is 2. The number of imide groups is 1. The summed E-state index contributed by atoms with van der Waals surface area (Å²) < 4.78 is 30.7. The number of hydrogen-bond acceptors (Lipinski definition) is 6. The molecule has 0 saturated heterocycles. The van der Waals surface area contributed by atoms with E-state index in [1.54, 1.807) is 24.3 Å². The van der Waals surface area contributed by atoms with Crippen molar-refractivity contribution >= 4 is 22.4 Å². The Morgan fingerprint density at radius 3 is 2.35 bits per heavy atom. The highest BCUT2D eigenvalue weighted by Gasteiger charge is 2.40. The van der Waals surface area contributed by atoms with Gasteiger partial charge in [0.05, 0.1) is 19.1 Å². The fraction of sp³-hybridized carbons (Fsp3) is 0.529. The predicted molar refractivity (Wildman–Crippen MR) is 97.6 cm³/mol. The molecule has 2 N–H and O–H groups in total. The van der Waals surface area contributed by atoms with Gasteiger partial charge in [0.2, 0.25) is 5.91 Å². The minimum atomic E-state index is -2.66. The van der Waals surface area contributed by atoms with Crippen LogP contribution < -0.4 is 15.4 Å². The molecule has 9 heteroatoms. The van der Waals surface area contributed by atoms with Crippen LogP contribution in [-0.2, 0) is 20.7 Å². The zero-order chi connectivity index (χ0) is 19.6. The van der Waals surface area contributed by atoms with Gasteiger partial charge in [-0.15, -0.1) is 0 Å². The monoisotopic (exact) mass is 383 g/mol. The molecule has 0 aliphatic rings. The molecule has 0 aliphatic carbocycles. The lowest BCUT2D eigenvalue weighted by molar-refractivity contribution is -0.125. The van der Waals surface area contributed by atoms with Crippen molar-refractivity contribution in [1.29, 1.82) is 0 Å². The first kappa shape index (κ1) is 21.6. The van der Waals surface area contributed by atoms with Crippen LogP contribution in [0.3, 0.4) is 0 Å². The maximum absolute atomic E-state index is 12.9. The summed E-state index contributed by atoms with van der Waals surface area (Å²) in [6, 6.07) is 6.09. The number of rotatable bonds is 9. The minimum Gasteiger partial charge on any atom is -0.497 e. The van der Waals surface area contributed by atoms with E-state index in [4.69, 9.17) is 4.74 Å². The Morgan fingerprint density at radius 2 is 1.85 bits per heavy atom. The van der Waals surface area contributed by atoms with Crippen LogP contribution in [0.5, 0.6) is 5.75 Å². The fourth-order valence-corrected chi connectivity index (χ4v) is 2.99. The molecule has 8 nitrogen and oxygen atoms in total. The van der Waals surface area contributed by atoms with E-state index in [9.17, 15) is 18.0 Å². The summed E-state index contributed by atoms with van der Waals surface area (Å²) in [5, 5.41) is 4.59. The Labute approximate surface area is 155 Å². The number of urea groups is 1. The van der Waals surface area contributed by atoms with Crippen molar-refractivity contribution < 1.29 is 22.7 Å². The quantitative estimate of drug-likeness (QED) is 0.633. The molecule has 3 amide bonds. The van der Waals surface area contributed by atoms with Crippen LogP contribution in [-0.4, -0.2) is 41.1 Å². The SMILES string of the molecule is CCCCCC(CN=S(=O)=O)(C(=O)NC(=O)NC)c1ccc(OC)cc1. The number of benzene rings is 1. The maximum atomic E-state index is 12.9. The van der Waals surface area contributed by atoms with Crippen molar-refractivity contribution in [1.82, 2.24) is 10.6 Å². The topological polar surface area (TPSA) is 114 Å². The zero-order valence-corrected chi connectivity index (χ0v) is 16.1. The summed E-state index contributed by atoms with van der Waals surface area (Å²) in [5.74, 6) is 0.0135. The van der Waals surface area contributed by atoms with Crippen molar-refractivity contribution in [2.75, 3.05) is 20.7 Å². The molecule has 1 atom stereocenters. The molecule has 0 fully saturated rings. The standard InChI is InChI=1S/C17H25N3O5S/c1-4-5-6-11-17(12-19-26(23)24,15(21)20-16(22)18-2)13-7-9-14(25-3)10-8-13/h7-10H,4-6,11-12H2,1-3H3,(H2,18,20,21,22). The Kier molecular flexibility index (Phi) is 8.77. The van der Waals surface area contributed by atoms with Crippen molar-refractivity contribution in [3.05, 3.63) is 29.8 Å². The second-order valence-corrected chi connectivity index (χ2v) is 6.50. The van der Waals surface area contributed by atoms with Crippen LogP contribution in [0.1, 0.15) is 38.2 Å². The maximum Gasteiger partial charge on any atom is 0.321 e. The smallest absolute Gasteiger partial charge is 0.321 e. The lowest BCUT2D eigenvalue weighted by Crippen LogP contribution is -2.51. The molecule has 0 aromatic heterocycles. The minimum absolute atomic E-state index is 0.276. The van der Waals surface area contributed by atoms with E-state index in [-0.39, 0.29) is 6.54 Å². The van der Waals surface area contributed by atoms with Gasteiger partial charge in [0.25, 0.3) is 0 Å². The highest BCUT2D eigenvalue weighted by atomic mass is 32.2. The largest absolute Gasteiger partial charge is 0.497 e. The van der Waals surface area contributed by atoms with Gasteiger partial charge in [-0.2, -0.15) is 12.8 Å². The highest BCUT2D eigenvalue weighted by molar-refractivity contribution is 7.61. The molecule has 0 spiro atoms. The third-order valence-corrected chi connectivity index (χ3v) is 4.52. The van der Waals surface area contributed by atoms with Gasteiger partial charge in [-0.3, -0.25) is 10.1 Å². The third kappa shape index (κ3) is 5.83. The molecule has 1 aromatic carbocycles. The van der Waals surface area contributed by atoms with E-state index in [0.29, 0.717) is 24.2 Å². The fourth-order valence-electron chi connectivity index (χ4n) is 2.67. The van der Waals surface area contributed by atoms with Crippen LogP contribution >= 0.6 is 0 Å². The normalized spacial score (nSPS) is 12.6. The van der Waals surface area contributed by atoms with E-state index in [0.717, 1.165) is 12.8 Å². The van der Waals surface area contributed by atoms with Crippen molar-refractivity contribution in [2.45, 2.75) is 38.0 Å². The molecule has 1 unspecified atom stereocenters. The van der Waals surface area contributed by atoms with Gasteiger partial charge in [0.15, 0.2) is 0 Å². The lowest BCUT2D eigenvalue weighted by atomic mass is 9.75. The number of nitrogens with zero attached hydrogens (tertiary/aromatic N) is 1. The lowest BCUT2D eigenvalue weighted by Gasteiger charge is -2.31. The average Bonchev–Trinajstić information content (AvgIpc) is 2.64. The zero-order valence-electron chi connectivity index (χ0n) is 15.2. The Hall–Kier alpha value is -2.42. The molecule has 0 aliphatic heterocycles. The van der Waals surface area contributed by atoms with Gasteiger partial charge in [-0.25, -0.2) is 4.79 Å². The summed E-state index contributed by atoms with van der Waals surface area (Å²) in [6.07, 6.45) is 2.84. The molecule has 0 heterocycles. The number of amides is 3. The van der Waals surface area contributed by atoms with Crippen LogP contribution in [0.25, 0.3) is 0 Å². The van der Waals surface area contributed by atoms with Gasteiger partial charge >= 0.3 is 16.5 Å². The van der Waals surface area contributed by atoms with Crippen molar-refractivity contribution in [2.24, 2.45) is 4.36 Å². The molecule has 0 bridgehead atoms. The van der Waals surface area contributed by atoms with Crippen LogP contribution in [0.15, 0.2) is 28.6 Å². The number of hydrogen-bond donors (Lipinski definition) is 2. The summed E-state index contributed by atoms with van der Waals surface area (Å²) in [6.45, 7) is 1.75. The van der Waals surface area contributed by atoms with E-state index in [2.05, 4.69) is 15.0 Å². The number of carbonyl (C=O) groups is 2.